The molecule has 2 heterocycles. The first kappa shape index (κ1) is 17.2. The van der Waals surface area contributed by atoms with Gasteiger partial charge in [0.2, 0.25) is 11.1 Å². The van der Waals surface area contributed by atoms with E-state index >= 15 is 0 Å². The van der Waals surface area contributed by atoms with Crippen molar-refractivity contribution < 1.29 is 4.79 Å². The van der Waals surface area contributed by atoms with Gasteiger partial charge < -0.3 is 5.32 Å². The summed E-state index contributed by atoms with van der Waals surface area (Å²) in [6.07, 6.45) is 0. The number of hydrogen-bond acceptors (Lipinski definition) is 6. The van der Waals surface area contributed by atoms with E-state index in [0.717, 1.165) is 5.69 Å². The molecule has 2 aromatic heterocycles. The largest absolute Gasteiger partial charge is 0.325 e. The molecule has 1 amide bonds. The molecule has 3 rings (SSSR count). The van der Waals surface area contributed by atoms with Crippen molar-refractivity contribution >= 4 is 29.1 Å². The molecule has 0 aliphatic heterocycles. The van der Waals surface area contributed by atoms with Gasteiger partial charge in [-0.1, -0.05) is 37.7 Å². The van der Waals surface area contributed by atoms with Gasteiger partial charge in [0, 0.05) is 5.69 Å². The number of aromatic amines is 1. The average molecular weight is 358 g/mol. The van der Waals surface area contributed by atoms with Crippen molar-refractivity contribution in [2.75, 3.05) is 11.1 Å². The van der Waals surface area contributed by atoms with Crippen molar-refractivity contribution in [1.29, 1.82) is 0 Å². The Morgan fingerprint density at radius 2 is 2.00 bits per heavy atom. The second-order valence-corrected chi connectivity index (χ2v) is 6.81. The molecule has 3 aromatic rings. The highest BCUT2D eigenvalue weighted by Gasteiger charge is 2.12. The first-order valence-corrected chi connectivity index (χ1v) is 8.77. The summed E-state index contributed by atoms with van der Waals surface area (Å²) in [6.45, 7) is 5.84. The Morgan fingerprint density at radius 1 is 1.28 bits per heavy atom. The second kappa shape index (κ2) is 7.06. The first-order valence-electron chi connectivity index (χ1n) is 7.79. The topological polar surface area (TPSA) is 105 Å². The molecule has 0 bridgehead atoms. The summed E-state index contributed by atoms with van der Waals surface area (Å²) < 4.78 is 1.42. The smallest absolute Gasteiger partial charge is 0.273 e. The summed E-state index contributed by atoms with van der Waals surface area (Å²) in [5.74, 6) is 0.707. The van der Waals surface area contributed by atoms with Crippen LogP contribution in [0.2, 0.25) is 0 Å². The molecule has 0 saturated carbocycles. The van der Waals surface area contributed by atoms with E-state index in [4.69, 9.17) is 0 Å². The van der Waals surface area contributed by atoms with Crippen LogP contribution < -0.4 is 10.9 Å². The van der Waals surface area contributed by atoms with E-state index in [0.29, 0.717) is 16.8 Å². The summed E-state index contributed by atoms with van der Waals surface area (Å²) in [7, 11) is 0. The fourth-order valence-corrected chi connectivity index (χ4v) is 2.87. The van der Waals surface area contributed by atoms with Gasteiger partial charge in [0.25, 0.3) is 11.3 Å². The first-order chi connectivity index (χ1) is 11.9. The lowest BCUT2D eigenvalue weighted by atomic mass is 10.0. The molecule has 0 atom stereocenters. The number of fused-ring (bicyclic) bond motifs is 1. The van der Waals surface area contributed by atoms with Crippen LogP contribution in [0.4, 0.5) is 5.69 Å². The molecule has 130 valence electrons. The zero-order valence-corrected chi connectivity index (χ0v) is 14.9. The number of thioether (sulfide) groups is 1. The lowest BCUT2D eigenvalue weighted by molar-refractivity contribution is -0.113. The monoisotopic (exact) mass is 358 g/mol. The Bertz CT molecular complexity index is 961. The fourth-order valence-electron chi connectivity index (χ4n) is 2.19. The fraction of sp³-hybridized carbons (Fsp3) is 0.312. The van der Waals surface area contributed by atoms with Gasteiger partial charge in [-0.3, -0.25) is 14.6 Å². The van der Waals surface area contributed by atoms with E-state index in [-0.39, 0.29) is 23.0 Å². The number of benzene rings is 1. The molecule has 0 fully saturated rings. The van der Waals surface area contributed by atoms with Crippen molar-refractivity contribution in [2.24, 2.45) is 0 Å². The minimum atomic E-state index is -0.306. The third kappa shape index (κ3) is 3.87. The predicted molar refractivity (Wildman–Crippen MR) is 96.0 cm³/mol. The van der Waals surface area contributed by atoms with Gasteiger partial charge in [-0.25, -0.2) is 0 Å². The number of carbonyl (C=O) groups excluding carboxylic acids is 1. The van der Waals surface area contributed by atoms with Crippen LogP contribution in [0.1, 0.15) is 31.0 Å². The average Bonchev–Trinajstić information content (AvgIpc) is 2.96. The van der Waals surface area contributed by atoms with Gasteiger partial charge in [-0.2, -0.15) is 9.61 Å². The van der Waals surface area contributed by atoms with Gasteiger partial charge in [0.15, 0.2) is 0 Å². The number of hydrogen-bond donors (Lipinski definition) is 2. The Balaban J connectivity index is 1.64. The molecule has 2 N–H and O–H groups in total. The molecule has 0 aliphatic rings. The van der Waals surface area contributed by atoms with Crippen LogP contribution in [0, 0.1) is 6.92 Å². The van der Waals surface area contributed by atoms with Gasteiger partial charge in [0.05, 0.1) is 5.75 Å². The van der Waals surface area contributed by atoms with Crippen molar-refractivity contribution in [1.82, 2.24) is 24.8 Å². The van der Waals surface area contributed by atoms with Crippen LogP contribution in [-0.2, 0) is 4.79 Å². The van der Waals surface area contributed by atoms with Crippen LogP contribution >= 0.6 is 11.8 Å². The minimum absolute atomic E-state index is 0.153. The summed E-state index contributed by atoms with van der Waals surface area (Å²) in [6, 6.07) is 7.78. The van der Waals surface area contributed by atoms with Crippen LogP contribution in [0.5, 0.6) is 0 Å². The van der Waals surface area contributed by atoms with Crippen molar-refractivity contribution in [3.8, 4) is 0 Å². The highest BCUT2D eigenvalue weighted by Crippen LogP contribution is 2.18. The van der Waals surface area contributed by atoms with Crippen molar-refractivity contribution in [3.63, 3.8) is 0 Å². The standard InChI is InChI=1S/C16H18N6O2S/c1-9(2)11-4-6-12(7-5-11)17-13(23)8-25-16-20-19-15-18-14(24)10(3)21-22(15)16/h4-7,9H,8H2,1-3H3,(H,17,23)(H,18,19,24). The third-order valence-electron chi connectivity index (χ3n) is 3.61. The summed E-state index contributed by atoms with van der Waals surface area (Å²) in [4.78, 5) is 26.2. The lowest BCUT2D eigenvalue weighted by Gasteiger charge is -2.08. The molecule has 25 heavy (non-hydrogen) atoms. The molecule has 8 nitrogen and oxygen atoms in total. The second-order valence-electron chi connectivity index (χ2n) is 5.87. The van der Waals surface area contributed by atoms with E-state index in [9.17, 15) is 9.59 Å². The number of nitrogens with one attached hydrogen (secondary N) is 2. The zero-order valence-electron chi connectivity index (χ0n) is 14.1. The summed E-state index contributed by atoms with van der Waals surface area (Å²) in [5.41, 5.74) is 1.97. The number of H-pyrrole nitrogens is 1. The van der Waals surface area contributed by atoms with Crippen LogP contribution in [0.25, 0.3) is 5.78 Å². The van der Waals surface area contributed by atoms with Crippen LogP contribution in [0.15, 0.2) is 34.2 Å². The highest BCUT2D eigenvalue weighted by molar-refractivity contribution is 7.99. The zero-order chi connectivity index (χ0) is 18.0. The number of aryl methyl sites for hydroxylation is 1. The molecular formula is C16H18N6O2S. The SMILES string of the molecule is Cc1nn2c(SCC(=O)Nc3ccc(C(C)C)cc3)nnc2[nH]c1=O. The maximum Gasteiger partial charge on any atom is 0.273 e. The number of aromatic nitrogens is 5. The van der Waals surface area contributed by atoms with E-state index < -0.39 is 0 Å². The van der Waals surface area contributed by atoms with Crippen LogP contribution in [0.3, 0.4) is 0 Å². The molecule has 0 unspecified atom stereocenters. The number of carbonyl (C=O) groups is 1. The lowest BCUT2D eigenvalue weighted by Crippen LogP contribution is -2.16. The molecule has 9 heteroatoms. The van der Waals surface area contributed by atoms with Gasteiger partial charge in [-0.15, -0.1) is 10.2 Å². The Morgan fingerprint density at radius 3 is 2.68 bits per heavy atom. The molecule has 1 aromatic carbocycles. The van der Waals surface area contributed by atoms with Gasteiger partial charge in [-0.05, 0) is 30.5 Å². The van der Waals surface area contributed by atoms with Crippen molar-refractivity contribution in [3.05, 3.63) is 45.9 Å². The molecule has 0 spiro atoms. The quantitative estimate of drug-likeness (QED) is 0.676. The maximum atomic E-state index is 12.1. The number of anilines is 1. The Labute approximate surface area is 148 Å². The predicted octanol–water partition coefficient (Wildman–Crippen LogP) is 1.98. The van der Waals surface area contributed by atoms with Crippen LogP contribution in [-0.4, -0.2) is 36.5 Å². The number of rotatable bonds is 5. The third-order valence-corrected chi connectivity index (χ3v) is 4.53. The highest BCUT2D eigenvalue weighted by atomic mass is 32.2. The van der Waals surface area contributed by atoms with Gasteiger partial charge >= 0.3 is 0 Å². The summed E-state index contributed by atoms with van der Waals surface area (Å²) in [5, 5.41) is 15.2. The van der Waals surface area contributed by atoms with E-state index in [2.05, 4.69) is 39.4 Å². The number of amides is 1. The Kier molecular flexibility index (Phi) is 4.84. The maximum absolute atomic E-state index is 12.1. The minimum Gasteiger partial charge on any atom is -0.325 e. The van der Waals surface area contributed by atoms with E-state index in [1.807, 2.05) is 24.3 Å². The Hall–Kier alpha value is -2.68. The normalized spacial score (nSPS) is 11.2. The summed E-state index contributed by atoms with van der Waals surface area (Å²) >= 11 is 1.20. The van der Waals surface area contributed by atoms with E-state index in [1.165, 1.54) is 21.8 Å². The molecule has 0 radical (unpaired) electrons. The van der Waals surface area contributed by atoms with Crippen molar-refractivity contribution in [2.45, 2.75) is 31.8 Å². The molecule has 0 aliphatic carbocycles. The van der Waals surface area contributed by atoms with Gasteiger partial charge in [0.1, 0.15) is 5.69 Å². The molecular weight excluding hydrogens is 340 g/mol. The number of nitrogens with zero attached hydrogens (tertiary/aromatic N) is 4. The van der Waals surface area contributed by atoms with E-state index in [1.54, 1.807) is 6.92 Å². The molecule has 0 saturated heterocycles.